The summed E-state index contributed by atoms with van der Waals surface area (Å²) >= 11 is 0. The minimum Gasteiger partial charge on any atom is -0.376 e. The minimum atomic E-state index is -0.226. The standard InChI is InChI=1S/C15H15FN2/c16-12-7-3-4-8-14(12)18-15-9-13(17)10-5-1-2-6-11(10)15/h1-8,13,15,18H,9,17H2. The number of benzene rings is 2. The van der Waals surface area contributed by atoms with Crippen molar-refractivity contribution >= 4 is 5.69 Å². The van der Waals surface area contributed by atoms with Crippen LogP contribution in [0.25, 0.3) is 0 Å². The van der Waals surface area contributed by atoms with Crippen molar-refractivity contribution in [1.82, 2.24) is 0 Å². The van der Waals surface area contributed by atoms with Crippen molar-refractivity contribution in [1.29, 1.82) is 0 Å². The summed E-state index contributed by atoms with van der Waals surface area (Å²) in [6.07, 6.45) is 0.799. The maximum Gasteiger partial charge on any atom is 0.146 e. The summed E-state index contributed by atoms with van der Waals surface area (Å²) in [7, 11) is 0. The Labute approximate surface area is 106 Å². The quantitative estimate of drug-likeness (QED) is 0.847. The van der Waals surface area contributed by atoms with Gasteiger partial charge in [0.05, 0.1) is 11.7 Å². The van der Waals surface area contributed by atoms with Gasteiger partial charge in [0.15, 0.2) is 0 Å². The lowest BCUT2D eigenvalue weighted by atomic mass is 10.1. The van der Waals surface area contributed by atoms with E-state index < -0.39 is 0 Å². The van der Waals surface area contributed by atoms with E-state index >= 15 is 0 Å². The largest absolute Gasteiger partial charge is 0.376 e. The highest BCUT2D eigenvalue weighted by Gasteiger charge is 2.28. The zero-order chi connectivity index (χ0) is 12.5. The van der Waals surface area contributed by atoms with E-state index in [0.29, 0.717) is 5.69 Å². The van der Waals surface area contributed by atoms with Crippen LogP contribution in [0.2, 0.25) is 0 Å². The van der Waals surface area contributed by atoms with Crippen molar-refractivity contribution in [2.75, 3.05) is 5.32 Å². The second kappa shape index (κ2) is 4.42. The van der Waals surface area contributed by atoms with E-state index in [9.17, 15) is 4.39 Å². The Morgan fingerprint density at radius 1 is 1.00 bits per heavy atom. The van der Waals surface area contributed by atoms with Gasteiger partial charge < -0.3 is 11.1 Å². The first-order valence-electron chi connectivity index (χ1n) is 6.11. The highest BCUT2D eigenvalue weighted by molar-refractivity contribution is 5.49. The van der Waals surface area contributed by atoms with Crippen LogP contribution in [-0.2, 0) is 0 Å². The molecule has 18 heavy (non-hydrogen) atoms. The van der Waals surface area contributed by atoms with E-state index in [1.165, 1.54) is 11.6 Å². The molecule has 2 aromatic rings. The third kappa shape index (κ3) is 1.87. The van der Waals surface area contributed by atoms with Gasteiger partial charge in [-0.05, 0) is 29.7 Å². The van der Waals surface area contributed by atoms with Gasteiger partial charge >= 0.3 is 0 Å². The van der Waals surface area contributed by atoms with E-state index in [-0.39, 0.29) is 17.9 Å². The number of nitrogens with two attached hydrogens (primary N) is 1. The third-order valence-electron chi connectivity index (χ3n) is 3.46. The highest BCUT2D eigenvalue weighted by atomic mass is 19.1. The molecule has 2 nitrogen and oxygen atoms in total. The number of rotatable bonds is 2. The van der Waals surface area contributed by atoms with Gasteiger partial charge in [-0.15, -0.1) is 0 Å². The summed E-state index contributed by atoms with van der Waals surface area (Å²) in [5, 5.41) is 3.24. The molecule has 92 valence electrons. The summed E-state index contributed by atoms with van der Waals surface area (Å²) in [6.45, 7) is 0. The maximum absolute atomic E-state index is 13.6. The predicted octanol–water partition coefficient (Wildman–Crippen LogP) is 3.38. The average Bonchev–Trinajstić information content (AvgIpc) is 2.70. The summed E-state index contributed by atoms with van der Waals surface area (Å²) in [5.41, 5.74) is 8.96. The highest BCUT2D eigenvalue weighted by Crippen LogP contribution is 2.39. The van der Waals surface area contributed by atoms with Crippen LogP contribution in [0.15, 0.2) is 48.5 Å². The first-order chi connectivity index (χ1) is 8.75. The van der Waals surface area contributed by atoms with E-state index in [4.69, 9.17) is 5.73 Å². The van der Waals surface area contributed by atoms with Crippen molar-refractivity contribution in [2.24, 2.45) is 5.73 Å². The molecule has 0 spiro atoms. The topological polar surface area (TPSA) is 38.0 Å². The molecule has 1 aliphatic carbocycles. The minimum absolute atomic E-state index is 0.0328. The van der Waals surface area contributed by atoms with Gasteiger partial charge in [0.25, 0.3) is 0 Å². The molecule has 2 unspecified atom stereocenters. The normalized spacial score (nSPS) is 21.7. The first kappa shape index (κ1) is 11.2. The Bertz CT molecular complexity index is 568. The molecule has 2 atom stereocenters. The molecular formula is C15H15FN2. The molecule has 3 N–H and O–H groups in total. The van der Waals surface area contributed by atoms with Crippen molar-refractivity contribution in [3.05, 3.63) is 65.5 Å². The van der Waals surface area contributed by atoms with Crippen LogP contribution in [0.4, 0.5) is 10.1 Å². The number of para-hydroxylation sites is 1. The lowest BCUT2D eigenvalue weighted by molar-refractivity contribution is 0.614. The van der Waals surface area contributed by atoms with Crippen LogP contribution >= 0.6 is 0 Å². The maximum atomic E-state index is 13.6. The predicted molar refractivity (Wildman–Crippen MR) is 70.8 cm³/mol. The molecular weight excluding hydrogens is 227 g/mol. The zero-order valence-corrected chi connectivity index (χ0v) is 9.94. The Morgan fingerprint density at radius 2 is 1.67 bits per heavy atom. The fourth-order valence-electron chi connectivity index (χ4n) is 2.58. The second-order valence-electron chi connectivity index (χ2n) is 4.65. The monoisotopic (exact) mass is 242 g/mol. The van der Waals surface area contributed by atoms with E-state index in [0.717, 1.165) is 12.0 Å². The van der Waals surface area contributed by atoms with Gasteiger partial charge in [-0.1, -0.05) is 36.4 Å². The van der Waals surface area contributed by atoms with Crippen LogP contribution in [-0.4, -0.2) is 0 Å². The Hall–Kier alpha value is -1.87. The molecule has 0 fully saturated rings. The van der Waals surface area contributed by atoms with E-state index in [1.54, 1.807) is 12.1 Å². The molecule has 0 saturated carbocycles. The lowest BCUT2D eigenvalue weighted by Gasteiger charge is -2.16. The van der Waals surface area contributed by atoms with Crippen LogP contribution < -0.4 is 11.1 Å². The molecule has 2 aromatic carbocycles. The molecule has 1 aliphatic rings. The summed E-state index contributed by atoms with van der Waals surface area (Å²) < 4.78 is 13.6. The van der Waals surface area contributed by atoms with Crippen molar-refractivity contribution < 1.29 is 4.39 Å². The smallest absolute Gasteiger partial charge is 0.146 e. The van der Waals surface area contributed by atoms with E-state index in [1.807, 2.05) is 24.3 Å². The molecule has 3 rings (SSSR count). The second-order valence-corrected chi connectivity index (χ2v) is 4.65. The number of hydrogen-bond acceptors (Lipinski definition) is 2. The Balaban J connectivity index is 1.90. The van der Waals surface area contributed by atoms with Gasteiger partial charge in [0.2, 0.25) is 0 Å². The van der Waals surface area contributed by atoms with Crippen LogP contribution in [0.1, 0.15) is 29.6 Å². The van der Waals surface area contributed by atoms with Crippen molar-refractivity contribution in [3.8, 4) is 0 Å². The Morgan fingerprint density at radius 3 is 2.44 bits per heavy atom. The van der Waals surface area contributed by atoms with Gasteiger partial charge in [-0.3, -0.25) is 0 Å². The van der Waals surface area contributed by atoms with Crippen LogP contribution in [0.3, 0.4) is 0 Å². The molecule has 0 amide bonds. The Kier molecular flexibility index (Phi) is 2.76. The van der Waals surface area contributed by atoms with Crippen molar-refractivity contribution in [2.45, 2.75) is 18.5 Å². The number of fused-ring (bicyclic) bond motifs is 1. The molecule has 0 radical (unpaired) electrons. The average molecular weight is 242 g/mol. The molecule has 0 heterocycles. The molecule has 3 heteroatoms. The fraction of sp³-hybridized carbons (Fsp3) is 0.200. The van der Waals surface area contributed by atoms with Crippen LogP contribution in [0, 0.1) is 5.82 Å². The van der Waals surface area contributed by atoms with Gasteiger partial charge in [0, 0.05) is 6.04 Å². The fourth-order valence-corrected chi connectivity index (χ4v) is 2.58. The summed E-state index contributed by atoms with van der Waals surface area (Å²) in [4.78, 5) is 0. The molecule has 0 bridgehead atoms. The van der Waals surface area contributed by atoms with Gasteiger partial charge in [0.1, 0.15) is 5.82 Å². The zero-order valence-electron chi connectivity index (χ0n) is 9.94. The molecule has 0 aromatic heterocycles. The number of halogens is 1. The number of nitrogens with one attached hydrogen (secondary N) is 1. The summed E-state index contributed by atoms with van der Waals surface area (Å²) in [6, 6.07) is 14.9. The van der Waals surface area contributed by atoms with E-state index in [2.05, 4.69) is 11.4 Å². The molecule has 0 saturated heterocycles. The molecule has 0 aliphatic heterocycles. The summed E-state index contributed by atoms with van der Waals surface area (Å²) in [5.74, 6) is -0.226. The van der Waals surface area contributed by atoms with Crippen LogP contribution in [0.5, 0.6) is 0 Å². The first-order valence-corrected chi connectivity index (χ1v) is 6.11. The SMILES string of the molecule is NC1CC(Nc2ccccc2F)c2ccccc21. The third-order valence-corrected chi connectivity index (χ3v) is 3.46. The van der Waals surface area contributed by atoms with Crippen molar-refractivity contribution in [3.63, 3.8) is 0 Å². The number of anilines is 1. The van der Waals surface area contributed by atoms with Gasteiger partial charge in [-0.2, -0.15) is 0 Å². The lowest BCUT2D eigenvalue weighted by Crippen LogP contribution is -2.10. The number of hydrogen-bond donors (Lipinski definition) is 2. The van der Waals surface area contributed by atoms with Gasteiger partial charge in [-0.25, -0.2) is 4.39 Å².